The van der Waals surface area contributed by atoms with Gasteiger partial charge in [-0.25, -0.2) is 23.4 Å². The highest BCUT2D eigenvalue weighted by atomic mass is 19.4. The molecule has 0 amide bonds. The van der Waals surface area contributed by atoms with Crippen LogP contribution in [0.2, 0.25) is 0 Å². The summed E-state index contributed by atoms with van der Waals surface area (Å²) >= 11 is 0. The maximum atomic E-state index is 14.8. The molecule has 11 heteroatoms. The first-order valence-corrected chi connectivity index (χ1v) is 9.89. The first-order valence-electron chi connectivity index (χ1n) is 9.89. The molecule has 0 bridgehead atoms. The van der Waals surface area contributed by atoms with Gasteiger partial charge in [0.25, 0.3) is 0 Å². The van der Waals surface area contributed by atoms with Crippen molar-refractivity contribution in [1.29, 1.82) is 0 Å². The van der Waals surface area contributed by atoms with E-state index in [-0.39, 0.29) is 28.6 Å². The third-order valence-corrected chi connectivity index (χ3v) is 5.21. The van der Waals surface area contributed by atoms with Crippen molar-refractivity contribution in [3.8, 4) is 5.75 Å². The smallest absolute Gasteiger partial charge is 0.485 e. The Bertz CT molecular complexity index is 1280. The van der Waals surface area contributed by atoms with Gasteiger partial charge >= 0.3 is 18.1 Å². The molecule has 1 fully saturated rings. The molecular weight excluding hydrogens is 451 g/mol. The number of carbonyl (C=O) groups excluding carboxylic acids is 2. The predicted octanol–water partition coefficient (Wildman–Crippen LogP) is 4.93. The van der Waals surface area contributed by atoms with Crippen molar-refractivity contribution in [1.82, 2.24) is 9.38 Å². The minimum atomic E-state index is -5.35. The van der Waals surface area contributed by atoms with Crippen LogP contribution >= 0.6 is 0 Å². The van der Waals surface area contributed by atoms with E-state index >= 15 is 0 Å². The molecule has 2 heterocycles. The second-order valence-electron chi connectivity index (χ2n) is 7.79. The standard InChI is InChI=1S/C22H17F5N2O4/c1-10-7-16(32-9-14-15(23)6-5-13(17(14)24)12-3-4-12)19-28-11(2)18(29(19)8-10)20(30)33-21(31)22(25,26)27/h5-8,12H,3-4,9H2,1-2H3. The summed E-state index contributed by atoms with van der Waals surface area (Å²) in [5, 5.41) is 0. The molecule has 0 spiro atoms. The fourth-order valence-corrected chi connectivity index (χ4v) is 3.51. The van der Waals surface area contributed by atoms with E-state index in [1.54, 1.807) is 6.92 Å². The molecule has 174 valence electrons. The Labute approximate surface area is 183 Å². The molecule has 0 unspecified atom stereocenters. The molecule has 0 radical (unpaired) electrons. The van der Waals surface area contributed by atoms with Gasteiger partial charge in [0.05, 0.1) is 11.3 Å². The van der Waals surface area contributed by atoms with Crippen molar-refractivity contribution in [3.63, 3.8) is 0 Å². The molecule has 33 heavy (non-hydrogen) atoms. The number of aryl methyl sites for hydroxylation is 2. The van der Waals surface area contributed by atoms with E-state index in [1.165, 1.54) is 31.3 Å². The zero-order valence-corrected chi connectivity index (χ0v) is 17.4. The molecular formula is C22H17F5N2O4. The Balaban J connectivity index is 1.67. The quantitative estimate of drug-likeness (QED) is 0.302. The third-order valence-electron chi connectivity index (χ3n) is 5.21. The van der Waals surface area contributed by atoms with Gasteiger partial charge < -0.3 is 9.47 Å². The molecule has 0 atom stereocenters. The number of hydrogen-bond acceptors (Lipinski definition) is 5. The summed E-state index contributed by atoms with van der Waals surface area (Å²) in [6.45, 7) is 2.46. The number of nitrogens with zero attached hydrogens (tertiary/aromatic N) is 2. The summed E-state index contributed by atoms with van der Waals surface area (Å²) in [6, 6.07) is 4.08. The first-order chi connectivity index (χ1) is 15.5. The summed E-state index contributed by atoms with van der Waals surface area (Å²) < 4.78 is 77.1. The van der Waals surface area contributed by atoms with Gasteiger partial charge in [0.1, 0.15) is 18.2 Å². The van der Waals surface area contributed by atoms with E-state index in [4.69, 9.17) is 4.74 Å². The number of ether oxygens (including phenoxy) is 2. The molecule has 0 saturated heterocycles. The summed E-state index contributed by atoms with van der Waals surface area (Å²) in [7, 11) is 0. The second kappa shape index (κ2) is 8.13. The number of esters is 2. The first kappa shape index (κ1) is 22.7. The van der Waals surface area contributed by atoms with E-state index < -0.39 is 42.1 Å². The fraction of sp³-hybridized carbons (Fsp3) is 0.318. The maximum absolute atomic E-state index is 14.8. The van der Waals surface area contributed by atoms with E-state index in [9.17, 15) is 31.5 Å². The number of hydrogen-bond donors (Lipinski definition) is 0. The topological polar surface area (TPSA) is 69.9 Å². The lowest BCUT2D eigenvalue weighted by Gasteiger charge is -2.12. The highest BCUT2D eigenvalue weighted by Gasteiger charge is 2.43. The van der Waals surface area contributed by atoms with Gasteiger partial charge in [-0.15, -0.1) is 0 Å². The average molecular weight is 468 g/mol. The van der Waals surface area contributed by atoms with Crippen LogP contribution in [-0.4, -0.2) is 27.5 Å². The Morgan fingerprint density at radius 1 is 1.18 bits per heavy atom. The minimum Gasteiger partial charge on any atom is -0.485 e. The van der Waals surface area contributed by atoms with Gasteiger partial charge in [-0.2, -0.15) is 13.2 Å². The molecule has 0 N–H and O–H groups in total. The molecule has 1 aliphatic rings. The zero-order valence-electron chi connectivity index (χ0n) is 17.4. The van der Waals surface area contributed by atoms with E-state index in [1.807, 2.05) is 0 Å². The number of pyridine rings is 1. The highest BCUT2D eigenvalue weighted by molar-refractivity contribution is 5.98. The van der Waals surface area contributed by atoms with Crippen LogP contribution in [0.5, 0.6) is 5.75 Å². The van der Waals surface area contributed by atoms with Gasteiger partial charge in [0.15, 0.2) is 17.1 Å². The van der Waals surface area contributed by atoms with Crippen LogP contribution in [0.1, 0.15) is 51.6 Å². The van der Waals surface area contributed by atoms with Crippen LogP contribution in [0.4, 0.5) is 22.0 Å². The number of rotatable bonds is 5. The Kier molecular flexibility index (Phi) is 5.59. The highest BCUT2D eigenvalue weighted by Crippen LogP contribution is 2.42. The summed E-state index contributed by atoms with van der Waals surface area (Å²) in [6.07, 6.45) is -2.32. The summed E-state index contributed by atoms with van der Waals surface area (Å²) in [5.74, 6) is -5.58. The van der Waals surface area contributed by atoms with E-state index in [2.05, 4.69) is 9.72 Å². The molecule has 1 aromatic carbocycles. The maximum Gasteiger partial charge on any atom is 0.491 e. The molecule has 0 aliphatic heterocycles. The molecule has 1 saturated carbocycles. The average Bonchev–Trinajstić information content (AvgIpc) is 3.49. The van der Waals surface area contributed by atoms with Crippen molar-refractivity contribution in [2.75, 3.05) is 0 Å². The molecule has 1 aliphatic carbocycles. The largest absolute Gasteiger partial charge is 0.491 e. The Morgan fingerprint density at radius 3 is 2.52 bits per heavy atom. The number of aromatic nitrogens is 2. The normalized spacial score (nSPS) is 13.9. The predicted molar refractivity (Wildman–Crippen MR) is 104 cm³/mol. The van der Waals surface area contributed by atoms with Crippen molar-refractivity contribution < 1.29 is 41.0 Å². The van der Waals surface area contributed by atoms with Crippen LogP contribution in [0.15, 0.2) is 24.4 Å². The number of carbonyl (C=O) groups is 2. The number of imidazole rings is 1. The lowest BCUT2D eigenvalue weighted by atomic mass is 10.1. The van der Waals surface area contributed by atoms with E-state index in [0.717, 1.165) is 17.2 Å². The summed E-state index contributed by atoms with van der Waals surface area (Å²) in [4.78, 5) is 27.4. The number of benzene rings is 1. The fourth-order valence-electron chi connectivity index (χ4n) is 3.51. The molecule has 2 aromatic heterocycles. The molecule has 3 aromatic rings. The third kappa shape index (κ3) is 4.39. The van der Waals surface area contributed by atoms with Crippen molar-refractivity contribution >= 4 is 17.6 Å². The molecule has 6 nitrogen and oxygen atoms in total. The Morgan fingerprint density at radius 2 is 1.88 bits per heavy atom. The SMILES string of the molecule is Cc1cc(OCc2c(F)ccc(C3CC3)c2F)c2nc(C)c(C(=O)OC(=O)C(F)(F)F)n2c1. The Hall–Kier alpha value is -3.50. The lowest BCUT2D eigenvalue weighted by Crippen LogP contribution is -2.28. The number of halogens is 5. The van der Waals surface area contributed by atoms with Crippen molar-refractivity contribution in [3.05, 3.63) is 64.1 Å². The van der Waals surface area contributed by atoms with Gasteiger partial charge in [-0.1, -0.05) is 6.07 Å². The van der Waals surface area contributed by atoms with Gasteiger partial charge in [-0.05, 0) is 55.9 Å². The van der Waals surface area contributed by atoms with Crippen LogP contribution < -0.4 is 4.74 Å². The van der Waals surface area contributed by atoms with Gasteiger partial charge in [0, 0.05) is 6.20 Å². The van der Waals surface area contributed by atoms with Gasteiger partial charge in [0.2, 0.25) is 0 Å². The number of alkyl halides is 3. The monoisotopic (exact) mass is 468 g/mol. The van der Waals surface area contributed by atoms with Crippen molar-refractivity contribution in [2.45, 2.75) is 45.4 Å². The van der Waals surface area contributed by atoms with E-state index in [0.29, 0.717) is 11.1 Å². The van der Waals surface area contributed by atoms with Crippen LogP contribution in [0.3, 0.4) is 0 Å². The summed E-state index contributed by atoms with van der Waals surface area (Å²) in [5.41, 5.74) is 0.211. The lowest BCUT2D eigenvalue weighted by molar-refractivity contribution is -0.193. The zero-order chi connectivity index (χ0) is 24.1. The minimum absolute atomic E-state index is 0.00340. The second-order valence-corrected chi connectivity index (χ2v) is 7.79. The van der Waals surface area contributed by atoms with Crippen LogP contribution in [0.25, 0.3) is 5.65 Å². The van der Waals surface area contributed by atoms with Gasteiger partial charge in [-0.3, -0.25) is 4.40 Å². The van der Waals surface area contributed by atoms with Crippen LogP contribution in [0, 0.1) is 25.5 Å². The number of fused-ring (bicyclic) bond motifs is 1. The van der Waals surface area contributed by atoms with Crippen LogP contribution in [-0.2, 0) is 16.1 Å². The molecule has 4 rings (SSSR count). The van der Waals surface area contributed by atoms with Crippen molar-refractivity contribution in [2.24, 2.45) is 0 Å².